The summed E-state index contributed by atoms with van der Waals surface area (Å²) in [6.45, 7) is 4.28. The minimum Gasteiger partial charge on any atom is -0.377 e. The first-order chi connectivity index (χ1) is 9.10. The molecule has 1 N–H and O–H groups in total. The lowest BCUT2D eigenvalue weighted by Gasteiger charge is -2.20. The van der Waals surface area contributed by atoms with E-state index in [1.165, 1.54) is 11.1 Å². The van der Waals surface area contributed by atoms with Gasteiger partial charge in [0.1, 0.15) is 0 Å². The van der Waals surface area contributed by atoms with Gasteiger partial charge in [0.05, 0.1) is 11.7 Å². The highest BCUT2D eigenvalue weighted by Crippen LogP contribution is 2.30. The Kier molecular flexibility index (Phi) is 4.89. The van der Waals surface area contributed by atoms with Crippen LogP contribution in [0.2, 0.25) is 5.02 Å². The van der Waals surface area contributed by atoms with Gasteiger partial charge in [0, 0.05) is 9.50 Å². The van der Waals surface area contributed by atoms with Crippen LogP contribution in [0.15, 0.2) is 46.9 Å². The fourth-order valence-electron chi connectivity index (χ4n) is 2.02. The zero-order valence-corrected chi connectivity index (χ0v) is 13.4. The van der Waals surface area contributed by atoms with Gasteiger partial charge in [-0.1, -0.05) is 48.4 Å². The zero-order chi connectivity index (χ0) is 13.8. The second-order valence-electron chi connectivity index (χ2n) is 4.64. The Morgan fingerprint density at radius 1 is 1.16 bits per heavy atom. The van der Waals surface area contributed by atoms with Crippen molar-refractivity contribution in [2.24, 2.45) is 0 Å². The van der Waals surface area contributed by atoms with Crippen molar-refractivity contribution in [1.29, 1.82) is 0 Å². The Labute approximate surface area is 128 Å². The first-order valence-electron chi connectivity index (χ1n) is 6.38. The summed E-state index contributed by atoms with van der Waals surface area (Å²) in [5.41, 5.74) is 3.60. The van der Waals surface area contributed by atoms with E-state index < -0.39 is 0 Å². The number of hydrogen-bond donors (Lipinski definition) is 1. The molecule has 0 radical (unpaired) electrons. The van der Waals surface area contributed by atoms with Gasteiger partial charge in [-0.05, 0) is 53.0 Å². The van der Waals surface area contributed by atoms with Gasteiger partial charge in [0.25, 0.3) is 0 Å². The van der Waals surface area contributed by atoms with Gasteiger partial charge in [0.2, 0.25) is 0 Å². The highest BCUT2D eigenvalue weighted by molar-refractivity contribution is 9.10. The molecular weight excluding hydrogens is 322 g/mol. The van der Waals surface area contributed by atoms with Crippen LogP contribution in [0.4, 0.5) is 5.69 Å². The van der Waals surface area contributed by atoms with Gasteiger partial charge in [-0.25, -0.2) is 0 Å². The lowest BCUT2D eigenvalue weighted by molar-refractivity contribution is 0.748. The largest absolute Gasteiger partial charge is 0.377 e. The monoisotopic (exact) mass is 337 g/mol. The molecule has 100 valence electrons. The van der Waals surface area contributed by atoms with E-state index in [1.807, 2.05) is 18.2 Å². The van der Waals surface area contributed by atoms with Gasteiger partial charge in [-0.3, -0.25) is 0 Å². The summed E-state index contributed by atoms with van der Waals surface area (Å²) < 4.78 is 1.03. The average Bonchev–Trinajstić information content (AvgIpc) is 2.41. The molecule has 2 rings (SSSR count). The van der Waals surface area contributed by atoms with Crippen molar-refractivity contribution in [3.8, 4) is 0 Å². The molecule has 1 atom stereocenters. The average molecular weight is 339 g/mol. The first kappa shape index (κ1) is 14.4. The van der Waals surface area contributed by atoms with Crippen molar-refractivity contribution >= 4 is 33.2 Å². The molecule has 0 heterocycles. The SMILES string of the molecule is CCC(Nc1cc(Cl)ccc1Br)c1ccc(C)cc1. The number of rotatable bonds is 4. The van der Waals surface area contributed by atoms with Gasteiger partial charge in [-0.15, -0.1) is 0 Å². The number of aryl methyl sites for hydroxylation is 1. The normalized spacial score (nSPS) is 12.2. The van der Waals surface area contributed by atoms with Crippen LogP contribution in [0.1, 0.15) is 30.5 Å². The molecule has 2 aromatic carbocycles. The molecule has 1 unspecified atom stereocenters. The van der Waals surface area contributed by atoms with Crippen LogP contribution in [0.3, 0.4) is 0 Å². The maximum atomic E-state index is 6.05. The van der Waals surface area contributed by atoms with Crippen LogP contribution in [0, 0.1) is 6.92 Å². The third-order valence-electron chi connectivity index (χ3n) is 3.15. The molecule has 0 aromatic heterocycles. The summed E-state index contributed by atoms with van der Waals surface area (Å²) in [5, 5.41) is 4.28. The molecule has 0 saturated heterocycles. The molecular formula is C16H17BrClN. The van der Waals surface area contributed by atoms with Crippen LogP contribution in [-0.2, 0) is 0 Å². The van der Waals surface area contributed by atoms with Gasteiger partial charge < -0.3 is 5.32 Å². The molecule has 19 heavy (non-hydrogen) atoms. The summed E-state index contributed by atoms with van der Waals surface area (Å²) in [4.78, 5) is 0. The van der Waals surface area contributed by atoms with Crippen molar-refractivity contribution in [2.45, 2.75) is 26.3 Å². The summed E-state index contributed by atoms with van der Waals surface area (Å²) in [6, 6.07) is 14.7. The highest BCUT2D eigenvalue weighted by Gasteiger charge is 2.10. The summed E-state index contributed by atoms with van der Waals surface area (Å²) >= 11 is 9.60. The van der Waals surface area contributed by atoms with Crippen LogP contribution in [0.25, 0.3) is 0 Å². The summed E-state index contributed by atoms with van der Waals surface area (Å²) in [6.07, 6.45) is 1.02. The number of benzene rings is 2. The highest BCUT2D eigenvalue weighted by atomic mass is 79.9. The summed E-state index contributed by atoms with van der Waals surface area (Å²) in [7, 11) is 0. The van der Waals surface area contributed by atoms with Crippen LogP contribution in [-0.4, -0.2) is 0 Å². The molecule has 0 aliphatic rings. The molecule has 3 heteroatoms. The Bertz CT molecular complexity index is 551. The van der Waals surface area contributed by atoms with E-state index in [9.17, 15) is 0 Å². The van der Waals surface area contributed by atoms with Crippen molar-refractivity contribution in [3.05, 3.63) is 63.1 Å². The fourth-order valence-corrected chi connectivity index (χ4v) is 2.55. The molecule has 0 fully saturated rings. The van der Waals surface area contributed by atoms with E-state index in [1.54, 1.807) is 0 Å². The second kappa shape index (κ2) is 6.44. The molecule has 1 nitrogen and oxygen atoms in total. The van der Waals surface area contributed by atoms with Crippen molar-refractivity contribution < 1.29 is 0 Å². The van der Waals surface area contributed by atoms with Gasteiger partial charge in [0.15, 0.2) is 0 Å². The van der Waals surface area contributed by atoms with Crippen LogP contribution in [0.5, 0.6) is 0 Å². The number of halogens is 2. The smallest absolute Gasteiger partial charge is 0.0511 e. The summed E-state index contributed by atoms with van der Waals surface area (Å²) in [5.74, 6) is 0. The van der Waals surface area contributed by atoms with Gasteiger partial charge >= 0.3 is 0 Å². The number of nitrogens with one attached hydrogen (secondary N) is 1. The number of hydrogen-bond acceptors (Lipinski definition) is 1. The molecule has 0 amide bonds. The van der Waals surface area contributed by atoms with E-state index in [0.29, 0.717) is 0 Å². The predicted molar refractivity (Wildman–Crippen MR) is 87.0 cm³/mol. The predicted octanol–water partition coefficient (Wildman–Crippen LogP) is 5.97. The maximum Gasteiger partial charge on any atom is 0.0511 e. The second-order valence-corrected chi connectivity index (χ2v) is 5.93. The van der Waals surface area contributed by atoms with E-state index in [-0.39, 0.29) is 6.04 Å². The third-order valence-corrected chi connectivity index (χ3v) is 4.07. The van der Waals surface area contributed by atoms with E-state index in [2.05, 4.69) is 59.4 Å². The molecule has 0 saturated carbocycles. The lowest BCUT2D eigenvalue weighted by Crippen LogP contribution is -2.10. The topological polar surface area (TPSA) is 12.0 Å². The van der Waals surface area contributed by atoms with Crippen LogP contribution < -0.4 is 5.32 Å². The Morgan fingerprint density at radius 2 is 1.84 bits per heavy atom. The molecule has 0 aliphatic carbocycles. The molecule has 2 aromatic rings. The zero-order valence-electron chi connectivity index (χ0n) is 11.1. The lowest BCUT2D eigenvalue weighted by atomic mass is 10.0. The van der Waals surface area contributed by atoms with Crippen molar-refractivity contribution in [1.82, 2.24) is 0 Å². The number of anilines is 1. The maximum absolute atomic E-state index is 6.05. The minimum absolute atomic E-state index is 0.287. The third kappa shape index (κ3) is 3.74. The molecule has 0 aliphatic heterocycles. The van der Waals surface area contributed by atoms with E-state index in [4.69, 9.17) is 11.6 Å². The minimum atomic E-state index is 0.287. The van der Waals surface area contributed by atoms with Crippen molar-refractivity contribution in [3.63, 3.8) is 0 Å². The standard InChI is InChI=1S/C16H17BrClN/c1-3-15(12-6-4-11(2)5-7-12)19-16-10-13(18)8-9-14(16)17/h4-10,15,19H,3H2,1-2H3. The quantitative estimate of drug-likeness (QED) is 0.723. The molecule has 0 bridgehead atoms. The first-order valence-corrected chi connectivity index (χ1v) is 7.55. The Balaban J connectivity index is 2.23. The van der Waals surface area contributed by atoms with Crippen molar-refractivity contribution in [2.75, 3.05) is 5.32 Å². The Hall–Kier alpha value is -0.990. The fraction of sp³-hybridized carbons (Fsp3) is 0.250. The van der Waals surface area contributed by atoms with Crippen LogP contribution >= 0.6 is 27.5 Å². The Morgan fingerprint density at radius 3 is 2.47 bits per heavy atom. The van der Waals surface area contributed by atoms with E-state index in [0.717, 1.165) is 21.6 Å². The van der Waals surface area contributed by atoms with Gasteiger partial charge in [-0.2, -0.15) is 0 Å². The molecule has 0 spiro atoms. The van der Waals surface area contributed by atoms with E-state index >= 15 is 0 Å².